The molecular formula is C25H47NO2. The lowest BCUT2D eigenvalue weighted by Crippen LogP contribution is -2.31. The van der Waals surface area contributed by atoms with Crippen molar-refractivity contribution in [1.29, 1.82) is 0 Å². The van der Waals surface area contributed by atoms with Gasteiger partial charge in [-0.1, -0.05) is 96.6 Å². The lowest BCUT2D eigenvalue weighted by molar-refractivity contribution is -0.138. The summed E-state index contributed by atoms with van der Waals surface area (Å²) in [7, 11) is 0. The molecule has 0 aliphatic heterocycles. The van der Waals surface area contributed by atoms with E-state index in [-0.39, 0.29) is 11.7 Å². The third kappa shape index (κ3) is 19.6. The third-order valence-corrected chi connectivity index (χ3v) is 5.23. The van der Waals surface area contributed by atoms with Gasteiger partial charge in [-0.3, -0.25) is 9.59 Å². The summed E-state index contributed by atoms with van der Waals surface area (Å²) in [5.41, 5.74) is 0. The predicted octanol–water partition coefficient (Wildman–Crippen LogP) is 7.29. The second kappa shape index (κ2) is 22.2. The molecule has 0 aromatic heterocycles. The summed E-state index contributed by atoms with van der Waals surface area (Å²) in [6, 6.07) is 0. The van der Waals surface area contributed by atoms with Crippen molar-refractivity contribution in [3.05, 3.63) is 12.2 Å². The van der Waals surface area contributed by atoms with Crippen LogP contribution in [0.3, 0.4) is 0 Å². The Morgan fingerprint density at radius 1 is 0.607 bits per heavy atom. The van der Waals surface area contributed by atoms with Crippen LogP contribution in [0.15, 0.2) is 12.2 Å². The average molecular weight is 394 g/mol. The molecule has 0 bridgehead atoms. The minimum atomic E-state index is -0.385. The van der Waals surface area contributed by atoms with Crippen molar-refractivity contribution in [3.8, 4) is 0 Å². The van der Waals surface area contributed by atoms with Crippen LogP contribution in [0.5, 0.6) is 0 Å². The summed E-state index contributed by atoms with van der Waals surface area (Å²) in [5, 5.41) is 2.76. The van der Waals surface area contributed by atoms with Crippen LogP contribution < -0.4 is 5.32 Å². The van der Waals surface area contributed by atoms with E-state index in [2.05, 4.69) is 31.3 Å². The SMILES string of the molecule is CCCCCCCC/C=C\CCCCCCCCNC(=O)C(=O)CCCCC. The Morgan fingerprint density at radius 2 is 1.07 bits per heavy atom. The van der Waals surface area contributed by atoms with E-state index in [1.165, 1.54) is 77.0 Å². The standard InChI is InChI=1S/C25H47NO2/c1-3-5-7-8-9-10-11-12-13-14-15-16-17-18-19-21-23-26-25(28)24(27)22-20-6-4-2/h12-13H,3-11,14-23H2,1-2H3,(H,26,28)/b13-12-. The van der Waals surface area contributed by atoms with E-state index < -0.39 is 0 Å². The molecule has 0 spiro atoms. The number of unbranched alkanes of at least 4 members (excludes halogenated alkanes) is 14. The fraction of sp³-hybridized carbons (Fsp3) is 0.840. The van der Waals surface area contributed by atoms with Gasteiger partial charge in [-0.15, -0.1) is 0 Å². The number of carbonyl (C=O) groups excluding carboxylic acids is 2. The largest absolute Gasteiger partial charge is 0.350 e. The van der Waals surface area contributed by atoms with Crippen LogP contribution in [0.25, 0.3) is 0 Å². The molecule has 1 N–H and O–H groups in total. The maximum atomic E-state index is 11.6. The molecule has 28 heavy (non-hydrogen) atoms. The monoisotopic (exact) mass is 393 g/mol. The summed E-state index contributed by atoms with van der Waals surface area (Å²) >= 11 is 0. The third-order valence-electron chi connectivity index (χ3n) is 5.23. The molecule has 1 amide bonds. The van der Waals surface area contributed by atoms with Gasteiger partial charge in [-0.2, -0.15) is 0 Å². The molecule has 3 heteroatoms. The van der Waals surface area contributed by atoms with Gasteiger partial charge in [0.05, 0.1) is 0 Å². The summed E-state index contributed by atoms with van der Waals surface area (Å²) in [6.45, 7) is 5.00. The molecule has 0 radical (unpaired) electrons. The van der Waals surface area contributed by atoms with Crippen LogP contribution >= 0.6 is 0 Å². The number of Topliss-reactive ketones (excluding diaryl/α,β-unsaturated/α-hetero) is 1. The van der Waals surface area contributed by atoms with E-state index in [0.717, 1.165) is 32.1 Å². The Labute approximate surface area is 175 Å². The lowest BCUT2D eigenvalue weighted by atomic mass is 10.1. The van der Waals surface area contributed by atoms with Crippen molar-refractivity contribution in [3.63, 3.8) is 0 Å². The van der Waals surface area contributed by atoms with Gasteiger partial charge < -0.3 is 5.32 Å². The first-order valence-corrected chi connectivity index (χ1v) is 12.2. The number of ketones is 1. The minimum Gasteiger partial charge on any atom is -0.350 e. The highest BCUT2D eigenvalue weighted by Gasteiger charge is 2.11. The first-order valence-electron chi connectivity index (χ1n) is 12.2. The van der Waals surface area contributed by atoms with Gasteiger partial charge in [0.25, 0.3) is 5.91 Å². The summed E-state index contributed by atoms with van der Waals surface area (Å²) < 4.78 is 0. The molecule has 0 heterocycles. The highest BCUT2D eigenvalue weighted by atomic mass is 16.2. The zero-order valence-corrected chi connectivity index (χ0v) is 18.9. The zero-order chi connectivity index (χ0) is 20.7. The van der Waals surface area contributed by atoms with Gasteiger partial charge in [0, 0.05) is 13.0 Å². The highest BCUT2D eigenvalue weighted by molar-refractivity contribution is 6.36. The normalized spacial score (nSPS) is 11.2. The molecule has 0 rings (SSSR count). The van der Waals surface area contributed by atoms with Crippen molar-refractivity contribution < 1.29 is 9.59 Å². The maximum absolute atomic E-state index is 11.6. The van der Waals surface area contributed by atoms with Crippen LogP contribution in [0, 0.1) is 0 Å². The maximum Gasteiger partial charge on any atom is 0.287 e. The van der Waals surface area contributed by atoms with Crippen LogP contribution in [0.4, 0.5) is 0 Å². The Balaban J connectivity index is 3.27. The van der Waals surface area contributed by atoms with Crippen LogP contribution in [0.2, 0.25) is 0 Å². The van der Waals surface area contributed by atoms with E-state index in [9.17, 15) is 9.59 Å². The van der Waals surface area contributed by atoms with E-state index >= 15 is 0 Å². The van der Waals surface area contributed by atoms with Gasteiger partial charge >= 0.3 is 0 Å². The molecule has 0 aliphatic carbocycles. The summed E-state index contributed by atoms with van der Waals surface area (Å²) in [6.07, 6.45) is 26.0. The summed E-state index contributed by atoms with van der Waals surface area (Å²) in [5.74, 6) is -0.637. The fourth-order valence-electron chi connectivity index (χ4n) is 3.32. The molecule has 0 aromatic rings. The van der Waals surface area contributed by atoms with Crippen molar-refractivity contribution >= 4 is 11.7 Å². The average Bonchev–Trinajstić information content (AvgIpc) is 2.70. The van der Waals surface area contributed by atoms with Gasteiger partial charge in [-0.05, 0) is 38.5 Å². The Hall–Kier alpha value is -1.12. The first-order chi connectivity index (χ1) is 13.7. The van der Waals surface area contributed by atoms with Gasteiger partial charge in [-0.25, -0.2) is 0 Å². The second-order valence-electron chi connectivity index (χ2n) is 8.07. The van der Waals surface area contributed by atoms with E-state index in [1.54, 1.807) is 0 Å². The molecule has 0 saturated carbocycles. The molecule has 0 atom stereocenters. The van der Waals surface area contributed by atoms with Crippen molar-refractivity contribution in [2.75, 3.05) is 6.54 Å². The first kappa shape index (κ1) is 26.9. The minimum absolute atomic E-state index is 0.252. The quantitative estimate of drug-likeness (QED) is 0.126. The second-order valence-corrected chi connectivity index (χ2v) is 8.07. The van der Waals surface area contributed by atoms with Gasteiger partial charge in [0.1, 0.15) is 0 Å². The Morgan fingerprint density at radius 3 is 1.64 bits per heavy atom. The number of nitrogens with one attached hydrogen (secondary N) is 1. The molecular weight excluding hydrogens is 346 g/mol. The topological polar surface area (TPSA) is 46.2 Å². The van der Waals surface area contributed by atoms with E-state index in [1.807, 2.05) is 0 Å². The zero-order valence-electron chi connectivity index (χ0n) is 18.9. The molecule has 164 valence electrons. The van der Waals surface area contributed by atoms with E-state index in [0.29, 0.717) is 13.0 Å². The predicted molar refractivity (Wildman–Crippen MR) is 122 cm³/mol. The molecule has 0 unspecified atom stereocenters. The molecule has 0 aliphatic rings. The van der Waals surface area contributed by atoms with Gasteiger partial charge in [0.2, 0.25) is 5.78 Å². The number of hydrogen-bond acceptors (Lipinski definition) is 2. The molecule has 0 fully saturated rings. The van der Waals surface area contributed by atoms with Crippen molar-refractivity contribution in [2.45, 2.75) is 129 Å². The number of amides is 1. The molecule has 0 saturated heterocycles. The van der Waals surface area contributed by atoms with Crippen LogP contribution in [-0.4, -0.2) is 18.2 Å². The molecule has 3 nitrogen and oxygen atoms in total. The van der Waals surface area contributed by atoms with E-state index in [4.69, 9.17) is 0 Å². The van der Waals surface area contributed by atoms with Gasteiger partial charge in [0.15, 0.2) is 0 Å². The van der Waals surface area contributed by atoms with Crippen molar-refractivity contribution in [2.24, 2.45) is 0 Å². The van der Waals surface area contributed by atoms with Crippen LogP contribution in [0.1, 0.15) is 129 Å². The number of rotatable bonds is 21. The highest BCUT2D eigenvalue weighted by Crippen LogP contribution is 2.09. The Kier molecular flexibility index (Phi) is 21.3. The number of hydrogen-bond donors (Lipinski definition) is 1. The summed E-state index contributed by atoms with van der Waals surface area (Å²) in [4.78, 5) is 23.2. The number of allylic oxidation sites excluding steroid dienone is 2. The van der Waals surface area contributed by atoms with Crippen LogP contribution in [-0.2, 0) is 9.59 Å². The lowest BCUT2D eigenvalue weighted by Gasteiger charge is -2.04. The Bertz CT molecular complexity index is 390. The fourth-order valence-corrected chi connectivity index (χ4v) is 3.32. The van der Waals surface area contributed by atoms with Crippen molar-refractivity contribution in [1.82, 2.24) is 5.32 Å². The molecule has 0 aromatic carbocycles. The smallest absolute Gasteiger partial charge is 0.287 e. The number of carbonyl (C=O) groups is 2.